The Morgan fingerprint density at radius 3 is 2.69 bits per heavy atom. The molecule has 1 aliphatic heterocycles. The van der Waals surface area contributed by atoms with Crippen molar-refractivity contribution in [2.24, 2.45) is 0 Å². The van der Waals surface area contributed by atoms with Crippen LogP contribution in [0.2, 0.25) is 0 Å². The first-order chi connectivity index (χ1) is 7.68. The van der Waals surface area contributed by atoms with Crippen molar-refractivity contribution in [2.45, 2.75) is 19.4 Å². The van der Waals surface area contributed by atoms with E-state index < -0.39 is 6.10 Å². The number of carbonyl (C=O) groups is 1. The van der Waals surface area contributed by atoms with Gasteiger partial charge in [0.05, 0.1) is 18.3 Å². The molecule has 1 aromatic rings. The zero-order chi connectivity index (χ0) is 11.5. The summed E-state index contributed by atoms with van der Waals surface area (Å²) in [6, 6.07) is 9.76. The van der Waals surface area contributed by atoms with Crippen molar-refractivity contribution in [3.63, 3.8) is 0 Å². The molecule has 1 fully saturated rings. The van der Waals surface area contributed by atoms with Gasteiger partial charge in [-0.3, -0.25) is 14.8 Å². The molecule has 1 N–H and O–H groups in total. The summed E-state index contributed by atoms with van der Waals surface area (Å²) in [7, 11) is 0. The van der Waals surface area contributed by atoms with Crippen LogP contribution in [0.1, 0.15) is 13.3 Å². The predicted molar refractivity (Wildman–Crippen MR) is 61.8 cm³/mol. The first-order valence-electron chi connectivity index (χ1n) is 5.49. The number of β-amino-alcohol motifs (C(OH)–C–C–N with tert-alkyl or cyclic N) is 1. The largest absolute Gasteiger partial charge is 0.391 e. The number of aliphatic hydroxyl groups is 1. The van der Waals surface area contributed by atoms with Crippen LogP contribution in [0.5, 0.6) is 0 Å². The summed E-state index contributed by atoms with van der Waals surface area (Å²) in [5.41, 5.74) is 0.994. The van der Waals surface area contributed by atoms with Gasteiger partial charge in [-0.2, -0.15) is 0 Å². The smallest absolute Gasteiger partial charge is 0.243 e. The topological polar surface area (TPSA) is 43.8 Å². The summed E-state index contributed by atoms with van der Waals surface area (Å²) < 4.78 is 0. The van der Waals surface area contributed by atoms with Crippen molar-refractivity contribution in [2.75, 3.05) is 18.1 Å². The third-order valence-corrected chi connectivity index (χ3v) is 2.61. The van der Waals surface area contributed by atoms with E-state index in [1.54, 1.807) is 11.9 Å². The normalized spacial score (nSPS) is 18.0. The Bertz CT molecular complexity index is 365. The Morgan fingerprint density at radius 2 is 2.06 bits per heavy atom. The molecule has 1 atom stereocenters. The molecule has 0 bridgehead atoms. The van der Waals surface area contributed by atoms with E-state index >= 15 is 0 Å². The van der Waals surface area contributed by atoms with E-state index in [0.29, 0.717) is 19.5 Å². The summed E-state index contributed by atoms with van der Waals surface area (Å²) in [4.78, 5) is 11.7. The van der Waals surface area contributed by atoms with Crippen molar-refractivity contribution in [3.8, 4) is 0 Å². The quantitative estimate of drug-likeness (QED) is 0.827. The second kappa shape index (κ2) is 4.53. The molecule has 1 unspecified atom stereocenters. The van der Waals surface area contributed by atoms with Gasteiger partial charge in [-0.05, 0) is 19.1 Å². The first kappa shape index (κ1) is 11.0. The Labute approximate surface area is 95.1 Å². The molecule has 16 heavy (non-hydrogen) atoms. The zero-order valence-electron chi connectivity index (χ0n) is 9.34. The van der Waals surface area contributed by atoms with E-state index in [0.717, 1.165) is 5.69 Å². The summed E-state index contributed by atoms with van der Waals surface area (Å²) in [6.45, 7) is 2.73. The maximum atomic E-state index is 11.7. The van der Waals surface area contributed by atoms with Crippen LogP contribution < -0.4 is 5.01 Å². The summed E-state index contributed by atoms with van der Waals surface area (Å²) in [6.07, 6.45) is 0.00925. The van der Waals surface area contributed by atoms with Crippen LogP contribution in [0.15, 0.2) is 30.3 Å². The van der Waals surface area contributed by atoms with E-state index in [-0.39, 0.29) is 5.91 Å². The van der Waals surface area contributed by atoms with Gasteiger partial charge in [-0.25, -0.2) is 0 Å². The number of hydrogen-bond acceptors (Lipinski definition) is 3. The van der Waals surface area contributed by atoms with Crippen LogP contribution in [0.4, 0.5) is 5.69 Å². The van der Waals surface area contributed by atoms with Crippen molar-refractivity contribution < 1.29 is 9.90 Å². The van der Waals surface area contributed by atoms with E-state index in [4.69, 9.17) is 0 Å². The maximum absolute atomic E-state index is 11.7. The lowest BCUT2D eigenvalue weighted by atomic mass is 10.3. The third kappa shape index (κ3) is 2.17. The molecule has 4 nitrogen and oxygen atoms in total. The van der Waals surface area contributed by atoms with Crippen molar-refractivity contribution in [3.05, 3.63) is 30.3 Å². The van der Waals surface area contributed by atoms with Crippen LogP contribution in [0.25, 0.3) is 0 Å². The monoisotopic (exact) mass is 220 g/mol. The fourth-order valence-electron chi connectivity index (χ4n) is 1.91. The van der Waals surface area contributed by atoms with Gasteiger partial charge in [0.15, 0.2) is 0 Å². The lowest BCUT2D eigenvalue weighted by Gasteiger charge is -2.30. The lowest BCUT2D eigenvalue weighted by molar-refractivity contribution is -0.129. The SMILES string of the molecule is CC(O)CN1C(=O)CCN1c1ccccc1. The Morgan fingerprint density at radius 1 is 1.38 bits per heavy atom. The molecule has 0 radical (unpaired) electrons. The van der Waals surface area contributed by atoms with Crippen LogP contribution in [-0.4, -0.2) is 35.2 Å². The van der Waals surface area contributed by atoms with Crippen molar-refractivity contribution in [1.82, 2.24) is 5.01 Å². The van der Waals surface area contributed by atoms with Crippen molar-refractivity contribution >= 4 is 11.6 Å². The number of hydrazine groups is 1. The highest BCUT2D eigenvalue weighted by atomic mass is 16.3. The van der Waals surface area contributed by atoms with E-state index in [1.165, 1.54) is 0 Å². The molecule has 1 aliphatic rings. The minimum atomic E-state index is -0.506. The Hall–Kier alpha value is -1.55. The average molecular weight is 220 g/mol. The number of rotatable bonds is 3. The number of amides is 1. The number of para-hydroxylation sites is 1. The van der Waals surface area contributed by atoms with Gasteiger partial charge >= 0.3 is 0 Å². The number of hydrogen-bond donors (Lipinski definition) is 1. The summed E-state index contributed by atoms with van der Waals surface area (Å²) in [5.74, 6) is 0.0738. The van der Waals surface area contributed by atoms with Gasteiger partial charge in [0.2, 0.25) is 5.91 Å². The molecule has 1 saturated heterocycles. The number of carbonyl (C=O) groups excluding carboxylic acids is 1. The van der Waals surface area contributed by atoms with Gasteiger partial charge < -0.3 is 5.11 Å². The van der Waals surface area contributed by atoms with Crippen molar-refractivity contribution in [1.29, 1.82) is 0 Å². The lowest BCUT2D eigenvalue weighted by Crippen LogP contribution is -2.43. The van der Waals surface area contributed by atoms with E-state index in [1.807, 2.05) is 35.3 Å². The molecule has 0 saturated carbocycles. The number of nitrogens with zero attached hydrogens (tertiary/aromatic N) is 2. The van der Waals surface area contributed by atoms with Crippen LogP contribution >= 0.6 is 0 Å². The van der Waals surface area contributed by atoms with E-state index in [2.05, 4.69) is 0 Å². The van der Waals surface area contributed by atoms with Crippen LogP contribution in [-0.2, 0) is 4.79 Å². The van der Waals surface area contributed by atoms with Gasteiger partial charge in [-0.15, -0.1) is 0 Å². The highest BCUT2D eigenvalue weighted by Gasteiger charge is 2.29. The second-order valence-electron chi connectivity index (χ2n) is 4.03. The molecule has 2 rings (SSSR count). The van der Waals surface area contributed by atoms with Gasteiger partial charge in [0.25, 0.3) is 0 Å². The molecule has 0 spiro atoms. The molecule has 1 heterocycles. The molecule has 0 aliphatic carbocycles. The predicted octanol–water partition coefficient (Wildman–Crippen LogP) is 1.02. The number of anilines is 1. The third-order valence-electron chi connectivity index (χ3n) is 2.61. The minimum Gasteiger partial charge on any atom is -0.391 e. The average Bonchev–Trinajstić information content (AvgIpc) is 2.61. The summed E-state index contributed by atoms with van der Waals surface area (Å²) >= 11 is 0. The highest BCUT2D eigenvalue weighted by Crippen LogP contribution is 2.22. The molecule has 1 amide bonds. The molecular formula is C12H16N2O2. The second-order valence-corrected chi connectivity index (χ2v) is 4.03. The molecule has 0 aromatic heterocycles. The molecule has 1 aromatic carbocycles. The van der Waals surface area contributed by atoms with Crippen LogP contribution in [0.3, 0.4) is 0 Å². The minimum absolute atomic E-state index is 0.0738. The number of aliphatic hydroxyl groups excluding tert-OH is 1. The highest BCUT2D eigenvalue weighted by molar-refractivity contribution is 5.81. The van der Waals surface area contributed by atoms with Gasteiger partial charge in [0.1, 0.15) is 0 Å². The maximum Gasteiger partial charge on any atom is 0.243 e. The molecular weight excluding hydrogens is 204 g/mol. The number of benzene rings is 1. The first-order valence-corrected chi connectivity index (χ1v) is 5.49. The van der Waals surface area contributed by atoms with Crippen LogP contribution in [0, 0.1) is 0 Å². The summed E-state index contributed by atoms with van der Waals surface area (Å²) in [5, 5.41) is 12.9. The fraction of sp³-hybridized carbons (Fsp3) is 0.417. The van der Waals surface area contributed by atoms with Gasteiger partial charge in [0, 0.05) is 13.0 Å². The molecule has 4 heteroatoms. The Kier molecular flexibility index (Phi) is 3.10. The fourth-order valence-corrected chi connectivity index (χ4v) is 1.91. The standard InChI is InChI=1S/C12H16N2O2/c1-10(15)9-14-12(16)7-8-13(14)11-5-3-2-4-6-11/h2-6,10,15H,7-9H2,1H3. The van der Waals surface area contributed by atoms with E-state index in [9.17, 15) is 9.90 Å². The zero-order valence-corrected chi connectivity index (χ0v) is 9.34. The Balaban J connectivity index is 2.18. The molecule has 86 valence electrons. The van der Waals surface area contributed by atoms with Gasteiger partial charge in [-0.1, -0.05) is 18.2 Å².